The first-order valence-corrected chi connectivity index (χ1v) is 8.58. The van der Waals surface area contributed by atoms with Gasteiger partial charge in [-0.1, -0.05) is 18.9 Å². The van der Waals surface area contributed by atoms with E-state index in [1.807, 2.05) is 18.2 Å². The zero-order valence-corrected chi connectivity index (χ0v) is 14.0. The van der Waals surface area contributed by atoms with E-state index in [4.69, 9.17) is 4.74 Å². The van der Waals surface area contributed by atoms with Gasteiger partial charge in [0.05, 0.1) is 17.6 Å². The van der Waals surface area contributed by atoms with Crippen molar-refractivity contribution in [1.82, 2.24) is 5.32 Å². The van der Waals surface area contributed by atoms with E-state index in [1.165, 1.54) is 25.7 Å². The Hall–Kier alpha value is -0.870. The van der Waals surface area contributed by atoms with Crippen molar-refractivity contribution in [1.29, 1.82) is 0 Å². The van der Waals surface area contributed by atoms with Gasteiger partial charge < -0.3 is 10.1 Å². The molecule has 1 aliphatic heterocycles. The van der Waals surface area contributed by atoms with Gasteiger partial charge in [-0.25, -0.2) is 0 Å². The maximum Gasteiger partial charge on any atom is 0.154 e. The number of fused-ring (bicyclic) bond motifs is 1. The molecule has 1 aliphatic carbocycles. The van der Waals surface area contributed by atoms with Crippen molar-refractivity contribution in [2.24, 2.45) is 5.92 Å². The number of Topliss-reactive ketones (excluding diaryl/α,β-unsaturated/α-hetero) is 1. The SMILES string of the molecule is COc1ccc(CC(=O)C2CC3CCCCC3N2)cc1Br. The molecule has 0 aromatic heterocycles. The summed E-state index contributed by atoms with van der Waals surface area (Å²) in [7, 11) is 1.65. The highest BCUT2D eigenvalue weighted by molar-refractivity contribution is 9.10. The van der Waals surface area contributed by atoms with Crippen LogP contribution < -0.4 is 10.1 Å². The average molecular weight is 352 g/mol. The van der Waals surface area contributed by atoms with Gasteiger partial charge in [0, 0.05) is 12.5 Å². The molecule has 1 saturated carbocycles. The Bertz CT molecular complexity index is 518. The first-order valence-electron chi connectivity index (χ1n) is 7.78. The monoisotopic (exact) mass is 351 g/mol. The molecule has 4 heteroatoms. The number of carbonyl (C=O) groups is 1. The Morgan fingerprint density at radius 1 is 1.38 bits per heavy atom. The summed E-state index contributed by atoms with van der Waals surface area (Å²) in [6.07, 6.45) is 6.69. The predicted molar refractivity (Wildman–Crippen MR) is 86.7 cm³/mol. The molecule has 3 unspecified atom stereocenters. The highest BCUT2D eigenvalue weighted by atomic mass is 79.9. The second-order valence-corrected chi connectivity index (χ2v) is 7.07. The number of nitrogens with one attached hydrogen (secondary N) is 1. The van der Waals surface area contributed by atoms with Crippen LogP contribution in [0.1, 0.15) is 37.7 Å². The van der Waals surface area contributed by atoms with Crippen LogP contribution in [-0.2, 0) is 11.2 Å². The number of carbonyl (C=O) groups excluding carboxylic acids is 1. The van der Waals surface area contributed by atoms with Crippen LogP contribution in [0.4, 0.5) is 0 Å². The lowest BCUT2D eigenvalue weighted by atomic mass is 9.84. The predicted octanol–water partition coefficient (Wildman–Crippen LogP) is 3.49. The molecule has 1 heterocycles. The molecule has 1 aromatic carbocycles. The van der Waals surface area contributed by atoms with E-state index in [-0.39, 0.29) is 6.04 Å². The molecule has 3 rings (SSSR count). The largest absolute Gasteiger partial charge is 0.496 e. The molecule has 2 fully saturated rings. The normalized spacial score (nSPS) is 28.2. The smallest absolute Gasteiger partial charge is 0.154 e. The van der Waals surface area contributed by atoms with Gasteiger partial charge in [-0.05, 0) is 58.8 Å². The molecular weight excluding hydrogens is 330 g/mol. The van der Waals surface area contributed by atoms with Crippen molar-refractivity contribution in [2.45, 2.75) is 50.6 Å². The molecule has 1 aromatic rings. The van der Waals surface area contributed by atoms with E-state index in [1.54, 1.807) is 7.11 Å². The number of rotatable bonds is 4. The molecule has 1 N–H and O–H groups in total. The fourth-order valence-electron chi connectivity index (χ4n) is 3.71. The number of ketones is 1. The Kier molecular flexibility index (Phi) is 4.65. The van der Waals surface area contributed by atoms with Gasteiger partial charge in [0.15, 0.2) is 5.78 Å². The molecular formula is C17H22BrNO2. The van der Waals surface area contributed by atoms with Crippen LogP contribution in [0, 0.1) is 5.92 Å². The fraction of sp³-hybridized carbons (Fsp3) is 0.588. The molecule has 0 bridgehead atoms. The molecule has 0 radical (unpaired) electrons. The summed E-state index contributed by atoms with van der Waals surface area (Å²) >= 11 is 3.48. The lowest BCUT2D eigenvalue weighted by Gasteiger charge is -2.24. The van der Waals surface area contributed by atoms with Gasteiger partial charge in [-0.3, -0.25) is 4.79 Å². The third-order valence-corrected chi connectivity index (χ3v) is 5.47. The van der Waals surface area contributed by atoms with Gasteiger partial charge in [0.2, 0.25) is 0 Å². The minimum Gasteiger partial charge on any atom is -0.496 e. The third-order valence-electron chi connectivity index (χ3n) is 4.85. The highest BCUT2D eigenvalue weighted by Gasteiger charge is 2.37. The standard InChI is InChI=1S/C17H22BrNO2/c1-21-17-7-6-11(8-13(17)18)9-16(20)15-10-12-4-2-3-5-14(12)19-15/h6-8,12,14-15,19H,2-5,9-10H2,1H3. The van der Waals surface area contributed by atoms with Crippen molar-refractivity contribution in [3.05, 3.63) is 28.2 Å². The summed E-state index contributed by atoms with van der Waals surface area (Å²) in [5.74, 6) is 1.84. The van der Waals surface area contributed by atoms with Crippen molar-refractivity contribution >= 4 is 21.7 Å². The van der Waals surface area contributed by atoms with Crippen molar-refractivity contribution in [2.75, 3.05) is 7.11 Å². The van der Waals surface area contributed by atoms with E-state index in [0.717, 1.165) is 28.1 Å². The second kappa shape index (κ2) is 6.49. The van der Waals surface area contributed by atoms with Gasteiger partial charge in [-0.2, -0.15) is 0 Å². The maximum atomic E-state index is 12.5. The van der Waals surface area contributed by atoms with E-state index in [2.05, 4.69) is 21.2 Å². The van der Waals surface area contributed by atoms with E-state index in [0.29, 0.717) is 18.2 Å². The van der Waals surface area contributed by atoms with Gasteiger partial charge >= 0.3 is 0 Å². The van der Waals surface area contributed by atoms with Crippen molar-refractivity contribution < 1.29 is 9.53 Å². The topological polar surface area (TPSA) is 38.3 Å². The Morgan fingerprint density at radius 2 is 2.19 bits per heavy atom. The lowest BCUT2D eigenvalue weighted by Crippen LogP contribution is -2.37. The summed E-state index contributed by atoms with van der Waals surface area (Å²) in [6.45, 7) is 0. The summed E-state index contributed by atoms with van der Waals surface area (Å²) in [6, 6.07) is 6.51. The van der Waals surface area contributed by atoms with E-state index < -0.39 is 0 Å². The minimum atomic E-state index is 0.0546. The number of ether oxygens (including phenoxy) is 1. The van der Waals surface area contributed by atoms with Crippen LogP contribution in [0.2, 0.25) is 0 Å². The van der Waals surface area contributed by atoms with Crippen LogP contribution in [0.25, 0.3) is 0 Å². The number of methoxy groups -OCH3 is 1. The second-order valence-electron chi connectivity index (χ2n) is 6.22. The molecule has 21 heavy (non-hydrogen) atoms. The fourth-order valence-corrected chi connectivity index (χ4v) is 4.30. The molecule has 1 saturated heterocycles. The lowest BCUT2D eigenvalue weighted by molar-refractivity contribution is -0.120. The first-order chi connectivity index (χ1) is 10.2. The molecule has 114 valence electrons. The Balaban J connectivity index is 1.62. The maximum absolute atomic E-state index is 12.5. The third kappa shape index (κ3) is 3.32. The minimum absolute atomic E-state index is 0.0546. The van der Waals surface area contributed by atoms with E-state index >= 15 is 0 Å². The molecule has 3 atom stereocenters. The van der Waals surface area contributed by atoms with Crippen LogP contribution >= 0.6 is 15.9 Å². The number of hydrogen-bond acceptors (Lipinski definition) is 3. The van der Waals surface area contributed by atoms with Gasteiger partial charge in [0.1, 0.15) is 5.75 Å². The Morgan fingerprint density at radius 3 is 2.90 bits per heavy atom. The summed E-state index contributed by atoms with van der Waals surface area (Å²) in [4.78, 5) is 12.5. The zero-order chi connectivity index (χ0) is 14.8. The number of benzene rings is 1. The summed E-state index contributed by atoms with van der Waals surface area (Å²) in [5.41, 5.74) is 1.05. The molecule has 0 spiro atoms. The summed E-state index contributed by atoms with van der Waals surface area (Å²) in [5, 5.41) is 3.56. The Labute approximate surface area is 134 Å². The first kappa shape index (κ1) is 15.0. The van der Waals surface area contributed by atoms with Crippen LogP contribution in [0.5, 0.6) is 5.75 Å². The zero-order valence-electron chi connectivity index (χ0n) is 12.4. The quantitative estimate of drug-likeness (QED) is 0.902. The highest BCUT2D eigenvalue weighted by Crippen LogP contribution is 2.34. The van der Waals surface area contributed by atoms with Crippen LogP contribution in [0.15, 0.2) is 22.7 Å². The molecule has 2 aliphatic rings. The van der Waals surface area contributed by atoms with Gasteiger partial charge in [0.25, 0.3) is 0 Å². The summed E-state index contributed by atoms with van der Waals surface area (Å²) < 4.78 is 6.13. The molecule has 0 amide bonds. The molecule has 3 nitrogen and oxygen atoms in total. The number of hydrogen-bond donors (Lipinski definition) is 1. The van der Waals surface area contributed by atoms with Gasteiger partial charge in [-0.15, -0.1) is 0 Å². The number of halogens is 1. The van der Waals surface area contributed by atoms with Crippen LogP contribution in [0.3, 0.4) is 0 Å². The van der Waals surface area contributed by atoms with Crippen molar-refractivity contribution in [3.8, 4) is 5.75 Å². The van der Waals surface area contributed by atoms with Crippen LogP contribution in [-0.4, -0.2) is 25.0 Å². The average Bonchev–Trinajstić information content (AvgIpc) is 2.91. The van der Waals surface area contributed by atoms with Crippen molar-refractivity contribution in [3.63, 3.8) is 0 Å². The van der Waals surface area contributed by atoms with E-state index in [9.17, 15) is 4.79 Å².